The highest BCUT2D eigenvalue weighted by Gasteiger charge is 2.64. The largest absolute Gasteiger partial charge is 0.459 e. The van der Waals surface area contributed by atoms with Crippen molar-refractivity contribution in [1.82, 2.24) is 10.2 Å². The number of carbonyl (C=O) groups is 2. The molecule has 4 atom stereocenters. The third kappa shape index (κ3) is 8.05. The number of nitrogens with zero attached hydrogens (tertiary/aromatic N) is 2. The third-order valence-electron chi connectivity index (χ3n) is 7.49. The molecule has 0 aromatic heterocycles. The number of likely N-dealkylation sites (tertiary alicyclic amines) is 1. The number of hydrogen-bond acceptors (Lipinski definition) is 6. The summed E-state index contributed by atoms with van der Waals surface area (Å²) in [5.74, 6) is -1.49. The zero-order valence-corrected chi connectivity index (χ0v) is 26.9. The summed E-state index contributed by atoms with van der Waals surface area (Å²) >= 11 is 12.8. The number of carbonyl (C=O) groups excluding carboxylic acids is 2. The smallest absolute Gasteiger partial charge is 0.324 e. The zero-order valence-electron chi connectivity index (χ0n) is 25.4. The minimum atomic E-state index is -1.26. The molecule has 228 valence electrons. The molecule has 9 heteroatoms. The van der Waals surface area contributed by atoms with E-state index in [1.807, 2.05) is 29.2 Å². The summed E-state index contributed by atoms with van der Waals surface area (Å²) in [5, 5.41) is 24.3. The van der Waals surface area contributed by atoms with E-state index in [0.717, 1.165) is 0 Å². The number of halogens is 2. The number of esters is 1. The van der Waals surface area contributed by atoms with Crippen LogP contribution < -0.4 is 5.32 Å². The van der Waals surface area contributed by atoms with Gasteiger partial charge in [-0.3, -0.25) is 14.5 Å². The number of amides is 1. The van der Waals surface area contributed by atoms with Crippen molar-refractivity contribution in [3.63, 3.8) is 0 Å². The molecule has 2 aromatic rings. The Labute approximate surface area is 260 Å². The average molecular weight is 617 g/mol. The number of aliphatic hydroxyl groups excluding tert-OH is 1. The third-order valence-corrected chi connectivity index (χ3v) is 7.98. The number of rotatable bonds is 10. The maximum absolute atomic E-state index is 14.2. The number of aliphatic hydroxyl groups is 1. The molecule has 7 nitrogen and oxygen atoms in total. The molecule has 3 rings (SSSR count). The van der Waals surface area contributed by atoms with Gasteiger partial charge in [-0.25, -0.2) is 0 Å². The maximum Gasteiger partial charge on any atom is 0.324 e. The maximum atomic E-state index is 14.2. The minimum absolute atomic E-state index is 0.0451. The van der Waals surface area contributed by atoms with Gasteiger partial charge < -0.3 is 15.2 Å². The monoisotopic (exact) mass is 615 g/mol. The van der Waals surface area contributed by atoms with Crippen molar-refractivity contribution >= 4 is 35.1 Å². The van der Waals surface area contributed by atoms with Crippen LogP contribution in [0, 0.1) is 16.7 Å². The predicted octanol–water partition coefficient (Wildman–Crippen LogP) is 6.26. The standard InChI is InChI=1S/C33H43Cl2N3O4/c1-31(2,3)19-26-33(21-36,23-12-14-24(34)15-13-23)28(22-10-9-11-25(35)18-22)29(30(41)42-32(4,5)6)38(26)20-27(40)37-16-7-8-17-39/h9-15,18,26,28-29,39H,7-8,16-17,19-20H2,1-6H3,(H,37,40). The van der Waals surface area contributed by atoms with Crippen LogP contribution in [0.3, 0.4) is 0 Å². The van der Waals surface area contributed by atoms with Crippen molar-refractivity contribution in [3.8, 4) is 6.07 Å². The first-order valence-electron chi connectivity index (χ1n) is 14.4. The Morgan fingerprint density at radius 1 is 1.05 bits per heavy atom. The summed E-state index contributed by atoms with van der Waals surface area (Å²) in [6.45, 7) is 12.0. The van der Waals surface area contributed by atoms with E-state index in [0.29, 0.717) is 47.0 Å². The Kier molecular flexibility index (Phi) is 11.1. The van der Waals surface area contributed by atoms with Crippen molar-refractivity contribution < 1.29 is 19.4 Å². The van der Waals surface area contributed by atoms with Crippen LogP contribution in [0.15, 0.2) is 48.5 Å². The molecule has 42 heavy (non-hydrogen) atoms. The van der Waals surface area contributed by atoms with Gasteiger partial charge in [-0.15, -0.1) is 0 Å². The quantitative estimate of drug-likeness (QED) is 0.242. The number of nitriles is 1. The van der Waals surface area contributed by atoms with E-state index in [4.69, 9.17) is 33.0 Å². The fourth-order valence-corrected chi connectivity index (χ4v) is 6.27. The van der Waals surface area contributed by atoms with Gasteiger partial charge in [0, 0.05) is 35.2 Å². The summed E-state index contributed by atoms with van der Waals surface area (Å²) < 4.78 is 6.00. The molecule has 0 saturated carbocycles. The lowest BCUT2D eigenvalue weighted by molar-refractivity contribution is -0.161. The van der Waals surface area contributed by atoms with E-state index in [-0.39, 0.29) is 24.5 Å². The topological polar surface area (TPSA) is 103 Å². The predicted molar refractivity (Wildman–Crippen MR) is 166 cm³/mol. The lowest BCUT2D eigenvalue weighted by atomic mass is 9.63. The van der Waals surface area contributed by atoms with Crippen LogP contribution in [0.25, 0.3) is 0 Å². The van der Waals surface area contributed by atoms with Crippen LogP contribution in [0.1, 0.15) is 77.8 Å². The molecule has 0 spiro atoms. The molecular formula is C33H43Cl2N3O4. The summed E-state index contributed by atoms with van der Waals surface area (Å²) in [4.78, 5) is 29.5. The lowest BCUT2D eigenvalue weighted by Gasteiger charge is -2.39. The Morgan fingerprint density at radius 2 is 1.71 bits per heavy atom. The molecule has 1 aliphatic heterocycles. The number of benzene rings is 2. The molecular weight excluding hydrogens is 573 g/mol. The molecule has 0 bridgehead atoms. The summed E-state index contributed by atoms with van der Waals surface area (Å²) in [6.07, 6.45) is 1.71. The van der Waals surface area contributed by atoms with Crippen molar-refractivity contribution in [2.45, 2.75) is 89.8 Å². The van der Waals surface area contributed by atoms with Crippen molar-refractivity contribution in [1.29, 1.82) is 5.26 Å². The summed E-state index contributed by atoms with van der Waals surface area (Å²) in [6, 6.07) is 15.6. The molecule has 4 unspecified atom stereocenters. The Hall–Kier alpha value is -2.63. The van der Waals surface area contributed by atoms with Crippen LogP contribution in [-0.2, 0) is 19.7 Å². The number of unbranched alkanes of at least 4 members (excludes halogenated alkanes) is 1. The van der Waals surface area contributed by atoms with E-state index in [1.54, 1.807) is 45.0 Å². The zero-order chi connectivity index (χ0) is 31.3. The summed E-state index contributed by atoms with van der Waals surface area (Å²) in [5.41, 5.74) is -0.920. The van der Waals surface area contributed by atoms with E-state index in [1.165, 1.54) is 0 Å². The van der Waals surface area contributed by atoms with E-state index < -0.39 is 35.0 Å². The van der Waals surface area contributed by atoms with Gasteiger partial charge in [0.2, 0.25) is 5.91 Å². The second kappa shape index (κ2) is 13.8. The molecule has 1 saturated heterocycles. The van der Waals surface area contributed by atoms with E-state index >= 15 is 0 Å². The van der Waals surface area contributed by atoms with Crippen LogP contribution >= 0.6 is 23.2 Å². The molecule has 2 aromatic carbocycles. The highest BCUT2D eigenvalue weighted by atomic mass is 35.5. The van der Waals surface area contributed by atoms with Gasteiger partial charge in [-0.1, -0.05) is 68.2 Å². The van der Waals surface area contributed by atoms with Gasteiger partial charge in [-0.2, -0.15) is 5.26 Å². The van der Waals surface area contributed by atoms with Crippen molar-refractivity contribution in [2.24, 2.45) is 5.41 Å². The van der Waals surface area contributed by atoms with Gasteiger partial charge >= 0.3 is 5.97 Å². The molecule has 1 heterocycles. The molecule has 1 aliphatic rings. The first kappa shape index (κ1) is 33.9. The SMILES string of the molecule is CC(C)(C)CC1N(CC(=O)NCCCCO)C(C(=O)OC(C)(C)C)C(c2cccc(Cl)c2)C1(C#N)c1ccc(Cl)cc1. The number of ether oxygens (including phenoxy) is 1. The first-order valence-corrected chi connectivity index (χ1v) is 15.2. The van der Waals surface area contributed by atoms with Crippen molar-refractivity contribution in [2.75, 3.05) is 19.7 Å². The first-order chi connectivity index (χ1) is 19.6. The van der Waals surface area contributed by atoms with Crippen molar-refractivity contribution in [3.05, 3.63) is 69.7 Å². The molecule has 2 N–H and O–H groups in total. The highest BCUT2D eigenvalue weighted by molar-refractivity contribution is 6.30. The molecule has 1 amide bonds. The van der Waals surface area contributed by atoms with Crippen LogP contribution in [0.2, 0.25) is 10.0 Å². The van der Waals surface area contributed by atoms with E-state index in [2.05, 4.69) is 32.2 Å². The molecule has 0 radical (unpaired) electrons. The Bertz CT molecular complexity index is 1280. The Balaban J connectivity index is 2.32. The van der Waals surface area contributed by atoms with E-state index in [9.17, 15) is 14.9 Å². The normalized spacial score (nSPS) is 22.9. The van der Waals surface area contributed by atoms with Gasteiger partial charge in [0.05, 0.1) is 12.6 Å². The number of nitrogens with one attached hydrogen (secondary N) is 1. The lowest BCUT2D eigenvalue weighted by Crippen LogP contribution is -2.51. The fourth-order valence-electron chi connectivity index (χ4n) is 5.94. The molecule has 0 aliphatic carbocycles. The van der Waals surface area contributed by atoms with Gasteiger partial charge in [0.25, 0.3) is 0 Å². The minimum Gasteiger partial charge on any atom is -0.459 e. The summed E-state index contributed by atoms with van der Waals surface area (Å²) in [7, 11) is 0. The van der Waals surface area contributed by atoms with Gasteiger partial charge in [0.1, 0.15) is 17.1 Å². The second-order valence-electron chi connectivity index (χ2n) is 13.2. The average Bonchev–Trinajstić information content (AvgIpc) is 3.14. The van der Waals surface area contributed by atoms with Crippen LogP contribution in [-0.4, -0.2) is 59.3 Å². The van der Waals surface area contributed by atoms with Gasteiger partial charge in [-0.05, 0) is 80.8 Å². The highest BCUT2D eigenvalue weighted by Crippen LogP contribution is 2.55. The van der Waals surface area contributed by atoms with Crippen LogP contribution in [0.4, 0.5) is 0 Å². The Morgan fingerprint density at radius 3 is 2.26 bits per heavy atom. The van der Waals surface area contributed by atoms with Crippen LogP contribution in [0.5, 0.6) is 0 Å². The van der Waals surface area contributed by atoms with Gasteiger partial charge in [0.15, 0.2) is 0 Å². The fraction of sp³-hybridized carbons (Fsp3) is 0.545. The number of hydrogen-bond donors (Lipinski definition) is 2. The molecule has 1 fully saturated rings. The second-order valence-corrected chi connectivity index (χ2v) is 14.1.